The van der Waals surface area contributed by atoms with Crippen molar-refractivity contribution in [3.63, 3.8) is 0 Å². The molecule has 1 heterocycles. The summed E-state index contributed by atoms with van der Waals surface area (Å²) < 4.78 is 10.5. The van der Waals surface area contributed by atoms with Crippen LogP contribution in [-0.2, 0) is 0 Å². The van der Waals surface area contributed by atoms with Crippen LogP contribution in [0.4, 0.5) is 0 Å². The first kappa shape index (κ1) is 14.5. The molecule has 0 amide bonds. The largest absolute Gasteiger partial charge is 0.492 e. The normalized spacial score (nSPS) is 12.5. The first-order valence-corrected chi connectivity index (χ1v) is 6.71. The highest BCUT2D eigenvalue weighted by Crippen LogP contribution is 2.37. The van der Waals surface area contributed by atoms with Crippen LogP contribution < -0.4 is 4.74 Å². The van der Waals surface area contributed by atoms with E-state index in [4.69, 9.17) is 44.0 Å². The van der Waals surface area contributed by atoms with E-state index < -0.39 is 6.10 Å². The van der Waals surface area contributed by atoms with Crippen molar-refractivity contribution in [3.8, 4) is 5.75 Å². The van der Waals surface area contributed by atoms with Gasteiger partial charge < -0.3 is 14.3 Å². The summed E-state index contributed by atoms with van der Waals surface area (Å²) in [6.07, 6.45) is -1.03. The van der Waals surface area contributed by atoms with E-state index in [1.54, 1.807) is 24.3 Å². The molecule has 2 aromatic rings. The second-order valence-corrected chi connectivity index (χ2v) is 4.97. The lowest BCUT2D eigenvalue weighted by Gasteiger charge is -2.13. The quantitative estimate of drug-likeness (QED) is 0.886. The van der Waals surface area contributed by atoms with Gasteiger partial charge in [0.15, 0.2) is 5.22 Å². The van der Waals surface area contributed by atoms with E-state index >= 15 is 0 Å². The Hall–Kier alpha value is -0.870. The van der Waals surface area contributed by atoms with Gasteiger partial charge in [0.05, 0.1) is 16.7 Å². The molecule has 0 saturated carbocycles. The highest BCUT2D eigenvalue weighted by Gasteiger charge is 2.19. The maximum Gasteiger partial charge on any atom is 0.193 e. The Bertz CT molecular complexity index is 581. The number of furan rings is 1. The van der Waals surface area contributed by atoms with Crippen LogP contribution in [0.3, 0.4) is 0 Å². The van der Waals surface area contributed by atoms with E-state index in [0.29, 0.717) is 33.7 Å². The summed E-state index contributed by atoms with van der Waals surface area (Å²) in [6.45, 7) is 2.32. The van der Waals surface area contributed by atoms with Crippen molar-refractivity contribution in [3.05, 3.63) is 50.9 Å². The van der Waals surface area contributed by atoms with Crippen LogP contribution in [0, 0.1) is 0 Å². The molecule has 1 aromatic heterocycles. The Morgan fingerprint density at radius 2 is 1.95 bits per heavy atom. The topological polar surface area (TPSA) is 42.6 Å². The average molecular weight is 322 g/mol. The molecule has 0 aliphatic carbocycles. The lowest BCUT2D eigenvalue weighted by molar-refractivity contribution is 0.189. The van der Waals surface area contributed by atoms with E-state index in [-0.39, 0.29) is 5.22 Å². The van der Waals surface area contributed by atoms with Gasteiger partial charge in [0.25, 0.3) is 0 Å². The molecular formula is C13H11Cl3O3. The van der Waals surface area contributed by atoms with Gasteiger partial charge >= 0.3 is 0 Å². The number of ether oxygens (including phenoxy) is 1. The van der Waals surface area contributed by atoms with Crippen molar-refractivity contribution in [1.82, 2.24) is 0 Å². The van der Waals surface area contributed by atoms with Crippen molar-refractivity contribution in [1.29, 1.82) is 0 Å². The number of hydrogen-bond acceptors (Lipinski definition) is 3. The Morgan fingerprint density at radius 3 is 2.53 bits per heavy atom. The summed E-state index contributed by atoms with van der Waals surface area (Å²) in [7, 11) is 0. The fourth-order valence-corrected chi connectivity index (χ4v) is 2.28. The molecule has 0 spiro atoms. The Balaban J connectivity index is 2.37. The lowest BCUT2D eigenvalue weighted by Crippen LogP contribution is -2.01. The van der Waals surface area contributed by atoms with Gasteiger partial charge in [-0.3, -0.25) is 0 Å². The minimum atomic E-state index is -1.03. The number of rotatable bonds is 4. The average Bonchev–Trinajstić information content (AvgIpc) is 2.79. The van der Waals surface area contributed by atoms with Crippen molar-refractivity contribution < 1.29 is 14.3 Å². The Morgan fingerprint density at radius 1 is 1.21 bits per heavy atom. The first-order chi connectivity index (χ1) is 9.02. The molecule has 1 N–H and O–H groups in total. The molecule has 19 heavy (non-hydrogen) atoms. The smallest absolute Gasteiger partial charge is 0.193 e. The van der Waals surface area contributed by atoms with Crippen LogP contribution in [0.25, 0.3) is 0 Å². The SMILES string of the molecule is CCOc1cc(Cl)c(C(O)c2ccc(Cl)o2)cc1Cl. The summed E-state index contributed by atoms with van der Waals surface area (Å²) in [5.41, 5.74) is 0.432. The number of benzene rings is 1. The van der Waals surface area contributed by atoms with E-state index in [1.807, 2.05) is 6.92 Å². The molecule has 1 atom stereocenters. The second kappa shape index (κ2) is 6.06. The van der Waals surface area contributed by atoms with Gasteiger partial charge in [-0.25, -0.2) is 0 Å². The summed E-state index contributed by atoms with van der Waals surface area (Å²) in [6, 6.07) is 6.24. The lowest BCUT2D eigenvalue weighted by atomic mass is 10.1. The Kier molecular flexibility index (Phi) is 4.63. The molecule has 1 aromatic carbocycles. The zero-order valence-corrected chi connectivity index (χ0v) is 12.3. The molecule has 6 heteroatoms. The molecule has 2 rings (SSSR count). The van der Waals surface area contributed by atoms with Crippen LogP contribution >= 0.6 is 34.8 Å². The van der Waals surface area contributed by atoms with Crippen molar-refractivity contribution >= 4 is 34.8 Å². The zero-order valence-electron chi connectivity index (χ0n) is 9.99. The second-order valence-electron chi connectivity index (χ2n) is 3.78. The molecule has 0 radical (unpaired) electrons. The highest BCUT2D eigenvalue weighted by atomic mass is 35.5. The molecule has 0 aliphatic rings. The van der Waals surface area contributed by atoms with Gasteiger partial charge in [0, 0.05) is 11.6 Å². The zero-order chi connectivity index (χ0) is 14.0. The molecule has 102 valence electrons. The fraction of sp³-hybridized carbons (Fsp3) is 0.231. The predicted octanol–water partition coefficient (Wildman–Crippen LogP) is 4.72. The number of aliphatic hydroxyl groups excluding tert-OH is 1. The fourth-order valence-electron chi connectivity index (χ4n) is 1.65. The van der Waals surface area contributed by atoms with Gasteiger partial charge in [-0.2, -0.15) is 0 Å². The summed E-state index contributed by atoms with van der Waals surface area (Å²) in [5.74, 6) is 0.773. The van der Waals surface area contributed by atoms with E-state index in [9.17, 15) is 5.11 Å². The van der Waals surface area contributed by atoms with Gasteiger partial charge in [-0.05, 0) is 36.7 Å². The predicted molar refractivity (Wildman–Crippen MR) is 75.4 cm³/mol. The first-order valence-electron chi connectivity index (χ1n) is 5.58. The maximum absolute atomic E-state index is 10.2. The number of aliphatic hydroxyl groups is 1. The molecule has 3 nitrogen and oxygen atoms in total. The minimum Gasteiger partial charge on any atom is -0.492 e. The van der Waals surface area contributed by atoms with E-state index in [1.165, 1.54) is 0 Å². The molecular weight excluding hydrogens is 310 g/mol. The third-order valence-electron chi connectivity index (χ3n) is 2.51. The number of halogens is 3. The van der Waals surface area contributed by atoms with Gasteiger partial charge in [-0.1, -0.05) is 23.2 Å². The molecule has 0 aliphatic heterocycles. The van der Waals surface area contributed by atoms with Crippen LogP contribution in [0.5, 0.6) is 5.75 Å². The van der Waals surface area contributed by atoms with Gasteiger partial charge in [0.2, 0.25) is 0 Å². The molecule has 0 fully saturated rings. The molecule has 1 unspecified atom stereocenters. The molecule has 0 saturated heterocycles. The Labute approximate surface area is 125 Å². The van der Waals surface area contributed by atoms with Crippen LogP contribution in [-0.4, -0.2) is 11.7 Å². The highest BCUT2D eigenvalue weighted by molar-refractivity contribution is 6.34. The van der Waals surface area contributed by atoms with Crippen molar-refractivity contribution in [2.75, 3.05) is 6.61 Å². The minimum absolute atomic E-state index is 0.196. The van der Waals surface area contributed by atoms with Crippen molar-refractivity contribution in [2.24, 2.45) is 0 Å². The van der Waals surface area contributed by atoms with E-state index in [0.717, 1.165) is 0 Å². The van der Waals surface area contributed by atoms with Crippen LogP contribution in [0.15, 0.2) is 28.7 Å². The summed E-state index contributed by atoms with van der Waals surface area (Å²) in [4.78, 5) is 0. The van der Waals surface area contributed by atoms with Crippen LogP contribution in [0.2, 0.25) is 15.3 Å². The van der Waals surface area contributed by atoms with Gasteiger partial charge in [0.1, 0.15) is 17.6 Å². The number of hydrogen-bond donors (Lipinski definition) is 1. The third-order valence-corrected chi connectivity index (χ3v) is 3.33. The maximum atomic E-state index is 10.2. The van der Waals surface area contributed by atoms with Crippen LogP contribution in [0.1, 0.15) is 24.4 Å². The molecule has 0 bridgehead atoms. The monoisotopic (exact) mass is 320 g/mol. The van der Waals surface area contributed by atoms with Gasteiger partial charge in [-0.15, -0.1) is 0 Å². The van der Waals surface area contributed by atoms with Crippen molar-refractivity contribution in [2.45, 2.75) is 13.0 Å². The third kappa shape index (κ3) is 3.18. The standard InChI is InChI=1S/C13H11Cl3O3/c1-2-18-11-6-8(14)7(5-9(11)15)13(17)10-3-4-12(16)19-10/h3-6,13,17H,2H2,1H3. The summed E-state index contributed by atoms with van der Waals surface area (Å²) >= 11 is 17.9. The van der Waals surface area contributed by atoms with E-state index in [2.05, 4.69) is 0 Å². The summed E-state index contributed by atoms with van der Waals surface area (Å²) in [5, 5.41) is 11.1.